The van der Waals surface area contributed by atoms with E-state index in [2.05, 4.69) is 24.5 Å². The van der Waals surface area contributed by atoms with Crippen LogP contribution in [0.2, 0.25) is 0 Å². The highest BCUT2D eigenvalue weighted by atomic mass is 16.5. The average molecular weight is 408 g/mol. The Kier molecular flexibility index (Phi) is 6.45. The summed E-state index contributed by atoms with van der Waals surface area (Å²) in [7, 11) is 1.63. The van der Waals surface area contributed by atoms with E-state index in [1.807, 2.05) is 25.1 Å². The molecule has 2 aromatic rings. The van der Waals surface area contributed by atoms with Crippen molar-refractivity contribution in [2.24, 2.45) is 0 Å². The maximum atomic E-state index is 12.9. The fourth-order valence-corrected chi connectivity index (χ4v) is 3.43. The number of carbonyl (C=O) groups excluding carboxylic acids is 2. The van der Waals surface area contributed by atoms with Crippen molar-refractivity contribution in [3.63, 3.8) is 0 Å². The number of carbonyl (C=O) groups is 2. The van der Waals surface area contributed by atoms with E-state index < -0.39 is 6.09 Å². The minimum atomic E-state index is -0.503. The molecule has 1 amide bonds. The molecule has 2 N–H and O–H groups in total. The Morgan fingerprint density at radius 3 is 2.57 bits per heavy atom. The van der Waals surface area contributed by atoms with Crippen LogP contribution in [-0.4, -0.2) is 31.1 Å². The number of amides is 1. The summed E-state index contributed by atoms with van der Waals surface area (Å²) in [6.07, 6.45) is 2.73. The standard InChI is InChI=1S/C24H28N2O4/c1-5-12-30-23(28)25-18-9-6-16(7-10-18)22(27)14-21-20-13-19(29-4)11-8-17(20)15-24(2,3)26-21/h6-11,13-14,26H,5,12,15H2,1-4H3,(H,25,28)/b21-14-. The Bertz CT molecular complexity index is 962. The number of benzene rings is 2. The number of hydrogen-bond donors (Lipinski definition) is 2. The predicted octanol–water partition coefficient (Wildman–Crippen LogP) is 4.80. The van der Waals surface area contributed by atoms with E-state index in [1.165, 1.54) is 5.56 Å². The van der Waals surface area contributed by atoms with Gasteiger partial charge in [0, 0.05) is 34.1 Å². The van der Waals surface area contributed by atoms with Gasteiger partial charge in [0.05, 0.1) is 13.7 Å². The van der Waals surface area contributed by atoms with Gasteiger partial charge in [0.2, 0.25) is 0 Å². The molecule has 0 aliphatic carbocycles. The highest BCUT2D eigenvalue weighted by Crippen LogP contribution is 2.32. The first-order chi connectivity index (χ1) is 14.3. The molecule has 0 fully saturated rings. The van der Waals surface area contributed by atoms with Crippen molar-refractivity contribution in [3.05, 3.63) is 65.2 Å². The fraction of sp³-hybridized carbons (Fsp3) is 0.333. The van der Waals surface area contributed by atoms with E-state index in [0.717, 1.165) is 29.9 Å². The van der Waals surface area contributed by atoms with Crippen molar-refractivity contribution >= 4 is 23.3 Å². The second-order valence-corrected chi connectivity index (χ2v) is 7.97. The van der Waals surface area contributed by atoms with E-state index in [0.29, 0.717) is 17.9 Å². The zero-order chi connectivity index (χ0) is 21.7. The Morgan fingerprint density at radius 2 is 1.90 bits per heavy atom. The second kappa shape index (κ2) is 9.03. The van der Waals surface area contributed by atoms with Crippen LogP contribution >= 0.6 is 0 Å². The molecular weight excluding hydrogens is 380 g/mol. The first-order valence-electron chi connectivity index (χ1n) is 10.1. The van der Waals surface area contributed by atoms with Crippen molar-refractivity contribution in [2.75, 3.05) is 19.0 Å². The topological polar surface area (TPSA) is 76.7 Å². The zero-order valence-electron chi connectivity index (χ0n) is 17.9. The highest BCUT2D eigenvalue weighted by molar-refractivity contribution is 6.09. The van der Waals surface area contributed by atoms with Gasteiger partial charge in [-0.1, -0.05) is 13.0 Å². The molecule has 1 aliphatic rings. The molecule has 30 heavy (non-hydrogen) atoms. The number of nitrogens with one attached hydrogen (secondary N) is 2. The molecule has 0 saturated heterocycles. The Hall–Kier alpha value is -3.28. The lowest BCUT2D eigenvalue weighted by Gasteiger charge is -2.35. The van der Waals surface area contributed by atoms with Gasteiger partial charge < -0.3 is 14.8 Å². The molecule has 0 aromatic heterocycles. The van der Waals surface area contributed by atoms with Gasteiger partial charge >= 0.3 is 6.09 Å². The third-order valence-electron chi connectivity index (χ3n) is 4.84. The van der Waals surface area contributed by atoms with Crippen molar-refractivity contribution in [3.8, 4) is 5.75 Å². The molecule has 2 aromatic carbocycles. The third-order valence-corrected chi connectivity index (χ3v) is 4.84. The maximum absolute atomic E-state index is 12.9. The number of ether oxygens (including phenoxy) is 2. The quantitative estimate of drug-likeness (QED) is 0.530. The van der Waals surface area contributed by atoms with Crippen molar-refractivity contribution in [1.29, 1.82) is 0 Å². The number of allylic oxidation sites excluding steroid dienone is 1. The summed E-state index contributed by atoms with van der Waals surface area (Å²) < 4.78 is 10.4. The minimum Gasteiger partial charge on any atom is -0.497 e. The minimum absolute atomic E-state index is 0.121. The van der Waals surface area contributed by atoms with Crippen molar-refractivity contribution < 1.29 is 19.1 Å². The summed E-state index contributed by atoms with van der Waals surface area (Å²) in [4.78, 5) is 24.6. The van der Waals surface area contributed by atoms with Crippen LogP contribution in [0.1, 0.15) is 48.7 Å². The van der Waals surface area contributed by atoms with E-state index in [-0.39, 0.29) is 11.3 Å². The van der Waals surface area contributed by atoms with E-state index in [1.54, 1.807) is 37.5 Å². The molecule has 6 heteroatoms. The second-order valence-electron chi connectivity index (χ2n) is 7.97. The number of hydrogen-bond acceptors (Lipinski definition) is 5. The third kappa shape index (κ3) is 5.20. The van der Waals surface area contributed by atoms with Gasteiger partial charge in [-0.25, -0.2) is 4.79 Å². The van der Waals surface area contributed by atoms with Crippen LogP contribution in [0, 0.1) is 0 Å². The van der Waals surface area contributed by atoms with Gasteiger partial charge in [0.1, 0.15) is 5.75 Å². The summed E-state index contributed by atoms with van der Waals surface area (Å²) in [5.41, 5.74) is 3.86. The SMILES string of the molecule is CCCOC(=O)Nc1ccc(C(=O)/C=C2\NC(C)(C)Cc3ccc(OC)cc32)cc1. The van der Waals surface area contributed by atoms with E-state index in [9.17, 15) is 9.59 Å². The van der Waals surface area contributed by atoms with Gasteiger partial charge in [-0.15, -0.1) is 0 Å². The fourth-order valence-electron chi connectivity index (χ4n) is 3.43. The van der Waals surface area contributed by atoms with E-state index in [4.69, 9.17) is 9.47 Å². The number of anilines is 1. The van der Waals surface area contributed by atoms with Gasteiger partial charge in [-0.05, 0) is 68.7 Å². The summed E-state index contributed by atoms with van der Waals surface area (Å²) in [5.74, 6) is 0.628. The number of methoxy groups -OCH3 is 1. The molecule has 0 spiro atoms. The van der Waals surface area contributed by atoms with Crippen LogP contribution in [-0.2, 0) is 11.2 Å². The molecule has 0 bridgehead atoms. The van der Waals surface area contributed by atoms with Gasteiger partial charge in [-0.3, -0.25) is 10.1 Å². The van der Waals surface area contributed by atoms with E-state index >= 15 is 0 Å². The first-order valence-corrected chi connectivity index (χ1v) is 10.1. The summed E-state index contributed by atoms with van der Waals surface area (Å²) in [5, 5.41) is 6.12. The molecule has 6 nitrogen and oxygen atoms in total. The summed E-state index contributed by atoms with van der Waals surface area (Å²) in [6.45, 7) is 6.51. The molecule has 158 valence electrons. The molecule has 0 saturated carbocycles. The normalized spacial score (nSPS) is 15.7. The monoisotopic (exact) mass is 408 g/mol. The van der Waals surface area contributed by atoms with Crippen LogP contribution < -0.4 is 15.4 Å². The number of rotatable bonds is 6. The predicted molar refractivity (Wildman–Crippen MR) is 118 cm³/mol. The lowest BCUT2D eigenvalue weighted by Crippen LogP contribution is -2.43. The lowest BCUT2D eigenvalue weighted by atomic mass is 9.85. The smallest absolute Gasteiger partial charge is 0.411 e. The van der Waals surface area contributed by atoms with Crippen LogP contribution in [0.4, 0.5) is 10.5 Å². The van der Waals surface area contributed by atoms with Crippen LogP contribution in [0.3, 0.4) is 0 Å². The molecule has 1 heterocycles. The number of ketones is 1. The van der Waals surface area contributed by atoms with Crippen LogP contribution in [0.5, 0.6) is 5.75 Å². The zero-order valence-corrected chi connectivity index (χ0v) is 17.9. The molecule has 0 radical (unpaired) electrons. The highest BCUT2D eigenvalue weighted by Gasteiger charge is 2.28. The first kappa shape index (κ1) is 21.4. The molecule has 0 atom stereocenters. The number of fused-ring (bicyclic) bond motifs is 1. The van der Waals surface area contributed by atoms with Crippen LogP contribution in [0.25, 0.3) is 5.70 Å². The Morgan fingerprint density at radius 1 is 1.17 bits per heavy atom. The van der Waals surface area contributed by atoms with Gasteiger partial charge in [0.25, 0.3) is 0 Å². The van der Waals surface area contributed by atoms with Gasteiger partial charge in [0.15, 0.2) is 5.78 Å². The average Bonchev–Trinajstić information content (AvgIpc) is 2.71. The largest absolute Gasteiger partial charge is 0.497 e. The van der Waals surface area contributed by atoms with Crippen LogP contribution in [0.15, 0.2) is 48.5 Å². The molecule has 1 aliphatic heterocycles. The molecular formula is C24H28N2O4. The Labute approximate surface area is 177 Å². The molecule has 0 unspecified atom stereocenters. The van der Waals surface area contributed by atoms with Crippen molar-refractivity contribution in [2.45, 2.75) is 39.2 Å². The summed E-state index contributed by atoms with van der Waals surface area (Å²) in [6, 6.07) is 12.7. The van der Waals surface area contributed by atoms with Crippen molar-refractivity contribution in [1.82, 2.24) is 5.32 Å². The summed E-state index contributed by atoms with van der Waals surface area (Å²) >= 11 is 0. The lowest BCUT2D eigenvalue weighted by molar-refractivity contribution is 0.104. The maximum Gasteiger partial charge on any atom is 0.411 e. The Balaban J connectivity index is 1.81. The molecule has 3 rings (SSSR count). The van der Waals surface area contributed by atoms with Gasteiger partial charge in [-0.2, -0.15) is 0 Å².